The average molecular weight is 236 g/mol. The third-order valence-electron chi connectivity index (χ3n) is 3.21. The summed E-state index contributed by atoms with van der Waals surface area (Å²) in [4.78, 5) is 16.7. The zero-order chi connectivity index (χ0) is 13.2. The standard InChI is InChI=1S/C13H20N2O2/c1-9(13(2,3)4)15(5)10-6-7-11(12(16)17)14-8-10/h6-9H,1-5H3,(H,16,17). The largest absolute Gasteiger partial charge is 0.477 e. The highest BCUT2D eigenvalue weighted by atomic mass is 16.4. The van der Waals surface area contributed by atoms with Crippen LogP contribution in [0.1, 0.15) is 38.2 Å². The van der Waals surface area contributed by atoms with Crippen molar-refractivity contribution in [3.63, 3.8) is 0 Å². The van der Waals surface area contributed by atoms with Crippen molar-refractivity contribution in [2.75, 3.05) is 11.9 Å². The molecule has 17 heavy (non-hydrogen) atoms. The van der Waals surface area contributed by atoms with Crippen LogP contribution in [0.15, 0.2) is 18.3 Å². The predicted octanol–water partition coefficient (Wildman–Crippen LogP) is 2.65. The van der Waals surface area contributed by atoms with Crippen LogP contribution < -0.4 is 4.90 Å². The number of aromatic carboxylic acids is 1. The third kappa shape index (κ3) is 3.19. The highest BCUT2D eigenvalue weighted by Gasteiger charge is 2.24. The lowest BCUT2D eigenvalue weighted by Gasteiger charge is -2.36. The van der Waals surface area contributed by atoms with E-state index in [9.17, 15) is 4.79 Å². The number of nitrogens with zero attached hydrogens (tertiary/aromatic N) is 2. The molecule has 1 rings (SSSR count). The van der Waals surface area contributed by atoms with Crippen LogP contribution in [0, 0.1) is 5.41 Å². The molecule has 0 amide bonds. The molecule has 1 heterocycles. The molecule has 0 spiro atoms. The number of carboxylic acids is 1. The first-order chi connectivity index (χ1) is 7.73. The molecular formula is C13H20N2O2. The second-order valence-corrected chi connectivity index (χ2v) is 5.36. The van der Waals surface area contributed by atoms with Gasteiger partial charge in [0.15, 0.2) is 0 Å². The van der Waals surface area contributed by atoms with Gasteiger partial charge in [-0.05, 0) is 24.5 Å². The summed E-state index contributed by atoms with van der Waals surface area (Å²) < 4.78 is 0. The molecule has 0 aliphatic heterocycles. The topological polar surface area (TPSA) is 53.4 Å². The molecule has 1 N–H and O–H groups in total. The first kappa shape index (κ1) is 13.5. The zero-order valence-electron chi connectivity index (χ0n) is 11.1. The summed E-state index contributed by atoms with van der Waals surface area (Å²) in [5.41, 5.74) is 1.16. The minimum absolute atomic E-state index is 0.0746. The fraction of sp³-hybridized carbons (Fsp3) is 0.538. The van der Waals surface area contributed by atoms with E-state index >= 15 is 0 Å². The van der Waals surface area contributed by atoms with Crippen molar-refractivity contribution in [2.45, 2.75) is 33.7 Å². The number of aromatic nitrogens is 1. The van der Waals surface area contributed by atoms with Crippen LogP contribution in [0.2, 0.25) is 0 Å². The Balaban J connectivity index is 2.90. The van der Waals surface area contributed by atoms with Crippen molar-refractivity contribution in [2.24, 2.45) is 5.41 Å². The van der Waals surface area contributed by atoms with E-state index in [0.717, 1.165) is 5.69 Å². The summed E-state index contributed by atoms with van der Waals surface area (Å²) in [6.45, 7) is 8.67. The van der Waals surface area contributed by atoms with E-state index in [2.05, 4.69) is 37.6 Å². The molecule has 0 radical (unpaired) electrons. The molecule has 0 bridgehead atoms. The van der Waals surface area contributed by atoms with Gasteiger partial charge in [-0.2, -0.15) is 0 Å². The van der Waals surface area contributed by atoms with E-state index in [0.29, 0.717) is 6.04 Å². The Bertz CT molecular complexity index is 393. The Morgan fingerprint density at radius 3 is 2.35 bits per heavy atom. The number of rotatable bonds is 3. The SMILES string of the molecule is CC(N(C)c1ccc(C(=O)O)nc1)C(C)(C)C. The minimum atomic E-state index is -0.997. The smallest absolute Gasteiger partial charge is 0.354 e. The molecule has 0 aromatic carbocycles. The molecule has 0 saturated carbocycles. The van der Waals surface area contributed by atoms with Crippen molar-refractivity contribution in [1.29, 1.82) is 0 Å². The molecule has 0 aliphatic carbocycles. The Hall–Kier alpha value is -1.58. The minimum Gasteiger partial charge on any atom is -0.477 e. The molecule has 94 valence electrons. The predicted molar refractivity (Wildman–Crippen MR) is 68.5 cm³/mol. The van der Waals surface area contributed by atoms with Gasteiger partial charge in [-0.3, -0.25) is 0 Å². The molecule has 0 saturated heterocycles. The molecule has 0 fully saturated rings. The molecule has 0 aliphatic rings. The van der Waals surface area contributed by atoms with Crippen LogP contribution in [-0.2, 0) is 0 Å². The van der Waals surface area contributed by atoms with Gasteiger partial charge in [0.2, 0.25) is 0 Å². The van der Waals surface area contributed by atoms with Crippen LogP contribution in [0.4, 0.5) is 5.69 Å². The first-order valence-corrected chi connectivity index (χ1v) is 5.65. The highest BCUT2D eigenvalue weighted by Crippen LogP contribution is 2.26. The lowest BCUT2D eigenvalue weighted by atomic mass is 9.87. The Kier molecular flexibility index (Phi) is 3.76. The van der Waals surface area contributed by atoms with E-state index in [1.807, 2.05) is 7.05 Å². The Morgan fingerprint density at radius 2 is 2.00 bits per heavy atom. The summed E-state index contributed by atoms with van der Waals surface area (Å²) in [6.07, 6.45) is 1.60. The highest BCUT2D eigenvalue weighted by molar-refractivity contribution is 5.85. The van der Waals surface area contributed by atoms with E-state index < -0.39 is 5.97 Å². The summed E-state index contributed by atoms with van der Waals surface area (Å²) in [5, 5.41) is 8.78. The number of carboxylic acid groups (broad SMARTS) is 1. The van der Waals surface area contributed by atoms with Crippen molar-refractivity contribution < 1.29 is 9.90 Å². The number of anilines is 1. The molecule has 4 heteroatoms. The fourth-order valence-electron chi connectivity index (χ4n) is 1.53. The summed E-state index contributed by atoms with van der Waals surface area (Å²) in [7, 11) is 1.99. The quantitative estimate of drug-likeness (QED) is 0.876. The van der Waals surface area contributed by atoms with Crippen molar-refractivity contribution in [3.8, 4) is 0 Å². The maximum absolute atomic E-state index is 10.7. The lowest BCUT2D eigenvalue weighted by Crippen LogP contribution is -2.39. The number of pyridine rings is 1. The summed E-state index contributed by atoms with van der Waals surface area (Å²) in [6, 6.07) is 3.65. The maximum atomic E-state index is 10.7. The molecule has 4 nitrogen and oxygen atoms in total. The second kappa shape index (κ2) is 4.73. The van der Waals surface area contributed by atoms with E-state index in [1.165, 1.54) is 6.07 Å². The van der Waals surface area contributed by atoms with E-state index in [1.54, 1.807) is 12.3 Å². The van der Waals surface area contributed by atoms with Gasteiger partial charge in [0.1, 0.15) is 5.69 Å². The molecular weight excluding hydrogens is 216 g/mol. The third-order valence-corrected chi connectivity index (χ3v) is 3.21. The summed E-state index contributed by atoms with van der Waals surface area (Å²) in [5.74, 6) is -0.997. The van der Waals surface area contributed by atoms with Gasteiger partial charge in [-0.25, -0.2) is 9.78 Å². The van der Waals surface area contributed by atoms with Crippen LogP contribution in [0.25, 0.3) is 0 Å². The van der Waals surface area contributed by atoms with Crippen molar-refractivity contribution in [3.05, 3.63) is 24.0 Å². The maximum Gasteiger partial charge on any atom is 0.354 e. The van der Waals surface area contributed by atoms with Crippen LogP contribution in [-0.4, -0.2) is 29.1 Å². The van der Waals surface area contributed by atoms with Crippen molar-refractivity contribution >= 4 is 11.7 Å². The fourth-order valence-corrected chi connectivity index (χ4v) is 1.53. The van der Waals surface area contributed by atoms with E-state index in [4.69, 9.17) is 5.11 Å². The molecule has 1 aromatic heterocycles. The van der Waals surface area contributed by atoms with Gasteiger partial charge in [-0.15, -0.1) is 0 Å². The number of carbonyl (C=O) groups is 1. The lowest BCUT2D eigenvalue weighted by molar-refractivity contribution is 0.0690. The number of hydrogen-bond donors (Lipinski definition) is 1. The van der Waals surface area contributed by atoms with Crippen LogP contribution >= 0.6 is 0 Å². The van der Waals surface area contributed by atoms with E-state index in [-0.39, 0.29) is 11.1 Å². The average Bonchev–Trinajstić information content (AvgIpc) is 2.26. The monoisotopic (exact) mass is 236 g/mol. The zero-order valence-corrected chi connectivity index (χ0v) is 11.1. The second-order valence-electron chi connectivity index (χ2n) is 5.36. The number of hydrogen-bond acceptors (Lipinski definition) is 3. The first-order valence-electron chi connectivity index (χ1n) is 5.65. The van der Waals surface area contributed by atoms with Gasteiger partial charge in [0.05, 0.1) is 11.9 Å². The molecule has 1 atom stereocenters. The van der Waals surface area contributed by atoms with Crippen LogP contribution in [0.5, 0.6) is 0 Å². The summed E-state index contributed by atoms with van der Waals surface area (Å²) >= 11 is 0. The molecule has 1 unspecified atom stereocenters. The van der Waals surface area contributed by atoms with Crippen molar-refractivity contribution in [1.82, 2.24) is 4.98 Å². The Labute approximate surface area is 102 Å². The van der Waals surface area contributed by atoms with Gasteiger partial charge >= 0.3 is 5.97 Å². The normalized spacial score (nSPS) is 13.2. The van der Waals surface area contributed by atoms with Gasteiger partial charge in [0, 0.05) is 13.1 Å². The Morgan fingerprint density at radius 1 is 1.41 bits per heavy atom. The molecule has 1 aromatic rings. The van der Waals surface area contributed by atoms with Gasteiger partial charge in [0.25, 0.3) is 0 Å². The van der Waals surface area contributed by atoms with Gasteiger partial charge in [-0.1, -0.05) is 20.8 Å². The van der Waals surface area contributed by atoms with Gasteiger partial charge < -0.3 is 10.0 Å². The van der Waals surface area contributed by atoms with Crippen LogP contribution in [0.3, 0.4) is 0 Å².